The fourth-order valence-corrected chi connectivity index (χ4v) is 9.17. The lowest BCUT2D eigenvalue weighted by Gasteiger charge is -2.22. The van der Waals surface area contributed by atoms with Gasteiger partial charge >= 0.3 is 0 Å². The molecule has 1 aliphatic heterocycles. The van der Waals surface area contributed by atoms with Gasteiger partial charge in [-0.2, -0.15) is 0 Å². The van der Waals surface area contributed by atoms with Crippen LogP contribution < -0.4 is 15.9 Å². The van der Waals surface area contributed by atoms with Crippen molar-refractivity contribution in [3.63, 3.8) is 0 Å². The van der Waals surface area contributed by atoms with Gasteiger partial charge in [0.25, 0.3) is 0 Å². The fraction of sp³-hybridized carbons (Fsp3) is 0. The predicted octanol–water partition coefficient (Wildman–Crippen LogP) is 7.22. The van der Waals surface area contributed by atoms with Gasteiger partial charge in [0.2, 0.25) is 0 Å². The second-order valence-corrected chi connectivity index (χ2v) is 12.4. The number of fused-ring (bicyclic) bond motifs is 11. The lowest BCUT2D eigenvalue weighted by molar-refractivity contribution is 0.592. The molecule has 0 spiro atoms. The monoisotopic (exact) mass is 504 g/mol. The Hall–Kier alpha value is -4.59. The van der Waals surface area contributed by atoms with E-state index in [1.165, 1.54) is 0 Å². The van der Waals surface area contributed by atoms with Crippen LogP contribution >= 0.6 is 7.14 Å². The molecule has 0 saturated heterocycles. The van der Waals surface area contributed by atoms with Gasteiger partial charge in [0, 0.05) is 50.2 Å². The van der Waals surface area contributed by atoms with Crippen LogP contribution in [0.2, 0.25) is 0 Å². The molecule has 0 amide bonds. The molecule has 1 aliphatic rings. The van der Waals surface area contributed by atoms with Crippen LogP contribution in [0.5, 0.6) is 0 Å². The number of hydrogen-bond donors (Lipinski definition) is 0. The standard InChI is InChI=1S/C34H21N2OP/c37-38(24-12-2-1-3-13-24)29-17-7-6-14-27(29)31-32(28-20-22-10-4-5-11-23(22)21-30(28)38)34-26(16-9-19-36-34)25-15-8-18-35-33(25)31/h1-21H. The minimum atomic E-state index is -3.29. The highest BCUT2D eigenvalue weighted by Gasteiger charge is 2.39. The number of benzene rings is 5. The quantitative estimate of drug-likeness (QED) is 0.175. The molecule has 0 bridgehead atoms. The fourth-order valence-electron chi connectivity index (χ4n) is 6.10. The van der Waals surface area contributed by atoms with Crippen molar-refractivity contribution < 1.29 is 4.57 Å². The Kier molecular flexibility index (Phi) is 4.50. The highest BCUT2D eigenvalue weighted by atomic mass is 31.2. The lowest BCUT2D eigenvalue weighted by Crippen LogP contribution is -2.26. The molecule has 7 aromatic rings. The van der Waals surface area contributed by atoms with Gasteiger partial charge in [0.05, 0.1) is 11.0 Å². The Morgan fingerprint density at radius 1 is 0.500 bits per heavy atom. The van der Waals surface area contributed by atoms with Crippen molar-refractivity contribution in [2.75, 3.05) is 0 Å². The molecule has 178 valence electrons. The van der Waals surface area contributed by atoms with E-state index in [2.05, 4.69) is 48.5 Å². The number of pyridine rings is 2. The molecule has 1 unspecified atom stereocenters. The zero-order valence-electron chi connectivity index (χ0n) is 20.4. The summed E-state index contributed by atoms with van der Waals surface area (Å²) in [5.41, 5.74) is 5.69. The molecule has 3 heterocycles. The maximum Gasteiger partial charge on any atom is 0.172 e. The summed E-state index contributed by atoms with van der Waals surface area (Å²) in [6.45, 7) is 0. The highest BCUT2D eigenvalue weighted by Crippen LogP contribution is 2.54. The first-order valence-corrected chi connectivity index (χ1v) is 14.4. The molecule has 3 nitrogen and oxygen atoms in total. The van der Waals surface area contributed by atoms with Gasteiger partial charge in [0.1, 0.15) is 0 Å². The van der Waals surface area contributed by atoms with Crippen molar-refractivity contribution in [3.05, 3.63) is 128 Å². The number of aromatic nitrogens is 2. The van der Waals surface area contributed by atoms with Crippen molar-refractivity contribution in [1.82, 2.24) is 9.97 Å². The Bertz CT molecular complexity index is 2120. The Labute approximate surface area is 219 Å². The molecular formula is C34H21N2OP. The average molecular weight is 505 g/mol. The molecule has 8 rings (SSSR count). The van der Waals surface area contributed by atoms with Gasteiger partial charge < -0.3 is 4.57 Å². The predicted molar refractivity (Wildman–Crippen MR) is 158 cm³/mol. The van der Waals surface area contributed by atoms with Gasteiger partial charge in [0.15, 0.2) is 7.14 Å². The maximum absolute atomic E-state index is 15.8. The molecule has 4 heteroatoms. The molecule has 0 aliphatic carbocycles. The normalized spacial score (nSPS) is 16.1. The van der Waals surface area contributed by atoms with E-state index in [1.54, 1.807) is 0 Å². The Balaban J connectivity index is 1.70. The molecule has 0 radical (unpaired) electrons. The molecule has 5 aromatic carbocycles. The van der Waals surface area contributed by atoms with Crippen LogP contribution in [0.3, 0.4) is 0 Å². The largest absolute Gasteiger partial charge is 0.309 e. The van der Waals surface area contributed by atoms with E-state index >= 15 is 4.57 Å². The summed E-state index contributed by atoms with van der Waals surface area (Å²) in [5.74, 6) is 0. The van der Waals surface area contributed by atoms with Crippen molar-refractivity contribution in [2.45, 2.75) is 0 Å². The summed E-state index contributed by atoms with van der Waals surface area (Å²) in [6.07, 6.45) is 3.69. The smallest absolute Gasteiger partial charge is 0.172 e. The van der Waals surface area contributed by atoms with E-state index in [-0.39, 0.29) is 0 Å². The first-order chi connectivity index (χ1) is 18.7. The number of rotatable bonds is 1. The summed E-state index contributed by atoms with van der Waals surface area (Å²) >= 11 is 0. The van der Waals surface area contributed by atoms with Crippen molar-refractivity contribution >= 4 is 55.6 Å². The van der Waals surface area contributed by atoms with Gasteiger partial charge in [-0.1, -0.05) is 91.0 Å². The molecule has 0 saturated carbocycles. The van der Waals surface area contributed by atoms with Crippen molar-refractivity contribution in [1.29, 1.82) is 0 Å². The average Bonchev–Trinajstić information content (AvgIpc) is 3.08. The van der Waals surface area contributed by atoms with Crippen LogP contribution in [-0.2, 0) is 4.57 Å². The summed E-state index contributed by atoms with van der Waals surface area (Å²) in [6, 6.07) is 38.9. The van der Waals surface area contributed by atoms with E-state index < -0.39 is 7.14 Å². The third-order valence-electron chi connectivity index (χ3n) is 7.73. The SMILES string of the molecule is O=P1(c2ccccc2)c2ccccc2-c2c(c3ncccc3c3cccnc23)-c2cc3ccccc3cc21. The minimum absolute atomic E-state index is 0.825. The molecule has 0 N–H and O–H groups in total. The van der Waals surface area contributed by atoms with Crippen molar-refractivity contribution in [2.24, 2.45) is 0 Å². The molecule has 1 atom stereocenters. The summed E-state index contributed by atoms with van der Waals surface area (Å²) in [4.78, 5) is 9.86. The zero-order valence-corrected chi connectivity index (χ0v) is 21.3. The zero-order chi connectivity index (χ0) is 25.3. The van der Waals surface area contributed by atoms with Crippen LogP contribution in [-0.4, -0.2) is 9.97 Å². The van der Waals surface area contributed by atoms with Gasteiger partial charge in [-0.25, -0.2) is 0 Å². The Morgan fingerprint density at radius 2 is 1.08 bits per heavy atom. The molecule has 0 fully saturated rings. The molecular weight excluding hydrogens is 483 g/mol. The van der Waals surface area contributed by atoms with E-state index in [4.69, 9.17) is 9.97 Å². The van der Waals surface area contributed by atoms with E-state index in [0.29, 0.717) is 0 Å². The molecule has 2 aromatic heterocycles. The first-order valence-electron chi connectivity index (χ1n) is 12.7. The topological polar surface area (TPSA) is 42.9 Å². The third-order valence-corrected chi connectivity index (χ3v) is 10.9. The second-order valence-electron chi connectivity index (χ2n) is 9.73. The maximum atomic E-state index is 15.8. The van der Waals surface area contributed by atoms with Crippen molar-refractivity contribution in [3.8, 4) is 22.3 Å². The first kappa shape index (κ1) is 21.5. The third kappa shape index (κ3) is 2.82. The van der Waals surface area contributed by atoms with E-state index in [9.17, 15) is 0 Å². The number of hydrogen-bond acceptors (Lipinski definition) is 3. The second kappa shape index (κ2) is 7.95. The van der Waals surface area contributed by atoms with Crippen LogP contribution in [0.15, 0.2) is 128 Å². The summed E-state index contributed by atoms with van der Waals surface area (Å²) < 4.78 is 15.8. The number of nitrogens with zero attached hydrogens (tertiary/aromatic N) is 2. The minimum Gasteiger partial charge on any atom is -0.309 e. The van der Waals surface area contributed by atoms with Crippen LogP contribution in [0.25, 0.3) is 54.8 Å². The summed E-state index contributed by atoms with van der Waals surface area (Å²) in [7, 11) is -3.29. The van der Waals surface area contributed by atoms with Crippen LogP contribution in [0, 0.1) is 0 Å². The van der Waals surface area contributed by atoms with Gasteiger partial charge in [-0.3, -0.25) is 9.97 Å². The van der Waals surface area contributed by atoms with Crippen LogP contribution in [0.4, 0.5) is 0 Å². The summed E-state index contributed by atoms with van der Waals surface area (Å²) in [5, 5.41) is 6.77. The van der Waals surface area contributed by atoms with Gasteiger partial charge in [-0.15, -0.1) is 0 Å². The highest BCUT2D eigenvalue weighted by molar-refractivity contribution is 7.85. The van der Waals surface area contributed by atoms with Crippen LogP contribution in [0.1, 0.15) is 0 Å². The van der Waals surface area contributed by atoms with Gasteiger partial charge in [-0.05, 0) is 46.2 Å². The lowest BCUT2D eigenvalue weighted by atomic mass is 9.88. The Morgan fingerprint density at radius 3 is 1.79 bits per heavy atom. The molecule has 38 heavy (non-hydrogen) atoms. The van der Waals surface area contributed by atoms with E-state index in [1.807, 2.05) is 79.1 Å². The van der Waals surface area contributed by atoms with E-state index in [0.717, 1.165) is 70.7 Å².